The van der Waals surface area contributed by atoms with E-state index in [-0.39, 0.29) is 0 Å². The van der Waals surface area contributed by atoms with E-state index in [1.54, 1.807) is 0 Å². The van der Waals surface area contributed by atoms with E-state index < -0.39 is 5.97 Å². The average Bonchev–Trinajstić information content (AvgIpc) is 2.59. The fraction of sp³-hybridized carbons (Fsp3) is 0.545. The second kappa shape index (κ2) is 10.9. The molecule has 0 spiro atoms. The number of hydrogen-bond acceptors (Lipinski definition) is 2. The van der Waals surface area contributed by atoms with Gasteiger partial charge in [-0.15, -0.1) is 0 Å². The summed E-state index contributed by atoms with van der Waals surface area (Å²) in [6.07, 6.45) is 12.1. The molecule has 0 saturated heterocycles. The second-order valence-corrected chi connectivity index (χ2v) is 7.02. The van der Waals surface area contributed by atoms with Crippen LogP contribution < -0.4 is 0 Å². The molecule has 0 aliphatic carbocycles. The van der Waals surface area contributed by atoms with Gasteiger partial charge in [-0.25, -0.2) is 0 Å². The summed E-state index contributed by atoms with van der Waals surface area (Å²) in [6, 6.07) is 10.7. The Morgan fingerprint density at radius 3 is 2.20 bits per heavy atom. The van der Waals surface area contributed by atoms with Gasteiger partial charge in [-0.05, 0) is 37.8 Å². The van der Waals surface area contributed by atoms with Gasteiger partial charge in [0.15, 0.2) is 0 Å². The number of carbonyl (C=O) groups is 1. The van der Waals surface area contributed by atoms with E-state index in [1.165, 1.54) is 61.4 Å². The topological polar surface area (TPSA) is 50.2 Å². The summed E-state index contributed by atoms with van der Waals surface area (Å²) >= 11 is 0. The lowest BCUT2D eigenvalue weighted by Crippen LogP contribution is -1.93. The maximum absolute atomic E-state index is 10.4. The summed E-state index contributed by atoms with van der Waals surface area (Å²) < 4.78 is 0. The molecule has 0 radical (unpaired) electrons. The monoisotopic (exact) mass is 341 g/mol. The summed E-state index contributed by atoms with van der Waals surface area (Å²) in [4.78, 5) is 15.1. The highest BCUT2D eigenvalue weighted by molar-refractivity contribution is 5.81. The predicted molar refractivity (Wildman–Crippen MR) is 104 cm³/mol. The molecule has 0 aliphatic rings. The number of fused-ring (bicyclic) bond motifs is 1. The molecule has 1 heterocycles. The Morgan fingerprint density at radius 2 is 1.52 bits per heavy atom. The maximum atomic E-state index is 10.4. The van der Waals surface area contributed by atoms with Crippen LogP contribution in [0.2, 0.25) is 0 Å². The smallest absolute Gasteiger partial charge is 0.303 e. The van der Waals surface area contributed by atoms with Crippen molar-refractivity contribution in [3.8, 4) is 0 Å². The zero-order chi connectivity index (χ0) is 17.9. The van der Waals surface area contributed by atoms with Gasteiger partial charge in [-0.2, -0.15) is 0 Å². The number of pyridine rings is 1. The number of unbranched alkanes of at least 4 members (excludes halogenated alkanes) is 8. The molecule has 3 nitrogen and oxygen atoms in total. The van der Waals surface area contributed by atoms with E-state index in [9.17, 15) is 4.79 Å². The molecule has 2 aromatic rings. The Balaban J connectivity index is 1.56. The largest absolute Gasteiger partial charge is 0.481 e. The third-order valence-electron chi connectivity index (χ3n) is 4.78. The van der Waals surface area contributed by atoms with Crippen LogP contribution in [0.25, 0.3) is 10.9 Å². The summed E-state index contributed by atoms with van der Waals surface area (Å²) in [5.74, 6) is -0.670. The van der Waals surface area contributed by atoms with Gasteiger partial charge in [0.25, 0.3) is 0 Å². The van der Waals surface area contributed by atoms with Crippen LogP contribution in [0.15, 0.2) is 30.3 Å². The lowest BCUT2D eigenvalue weighted by molar-refractivity contribution is -0.137. The van der Waals surface area contributed by atoms with Gasteiger partial charge < -0.3 is 5.11 Å². The second-order valence-electron chi connectivity index (χ2n) is 7.02. The third kappa shape index (κ3) is 7.25. The molecule has 3 heteroatoms. The Morgan fingerprint density at radius 1 is 0.880 bits per heavy atom. The number of aromatic nitrogens is 1. The van der Waals surface area contributed by atoms with Crippen LogP contribution in [0.5, 0.6) is 0 Å². The number of aliphatic carboxylic acids is 1. The highest BCUT2D eigenvalue weighted by atomic mass is 16.4. The van der Waals surface area contributed by atoms with Crippen molar-refractivity contribution in [1.82, 2.24) is 4.98 Å². The van der Waals surface area contributed by atoms with E-state index >= 15 is 0 Å². The van der Waals surface area contributed by atoms with Crippen molar-refractivity contribution >= 4 is 16.9 Å². The van der Waals surface area contributed by atoms with Crippen molar-refractivity contribution in [2.75, 3.05) is 0 Å². The normalized spacial score (nSPS) is 11.1. The molecule has 0 amide bonds. The van der Waals surface area contributed by atoms with Crippen molar-refractivity contribution in [3.05, 3.63) is 41.6 Å². The number of aryl methyl sites for hydroxylation is 2. The quantitative estimate of drug-likeness (QED) is 0.477. The lowest BCUT2D eigenvalue weighted by Gasteiger charge is -2.07. The average molecular weight is 341 g/mol. The molecule has 25 heavy (non-hydrogen) atoms. The van der Waals surface area contributed by atoms with Crippen molar-refractivity contribution < 1.29 is 9.90 Å². The fourth-order valence-corrected chi connectivity index (χ4v) is 3.34. The van der Waals surface area contributed by atoms with E-state index in [0.29, 0.717) is 6.42 Å². The summed E-state index contributed by atoms with van der Waals surface area (Å²) in [7, 11) is 0. The molecule has 0 unspecified atom stereocenters. The lowest BCUT2D eigenvalue weighted by atomic mass is 10.0. The Kier molecular flexibility index (Phi) is 8.44. The van der Waals surface area contributed by atoms with Crippen LogP contribution >= 0.6 is 0 Å². The van der Waals surface area contributed by atoms with Gasteiger partial charge >= 0.3 is 5.97 Å². The van der Waals surface area contributed by atoms with Crippen molar-refractivity contribution in [2.45, 2.75) is 77.6 Å². The zero-order valence-corrected chi connectivity index (χ0v) is 15.5. The Labute approximate surface area is 151 Å². The van der Waals surface area contributed by atoms with E-state index in [4.69, 9.17) is 10.1 Å². The SMILES string of the molecule is Cc1ccc2cccc(CCCCCCCCCCCC(=O)O)c2n1. The number of para-hydroxylation sites is 1. The van der Waals surface area contributed by atoms with E-state index in [1.807, 2.05) is 0 Å². The highest BCUT2D eigenvalue weighted by Gasteiger charge is 2.03. The highest BCUT2D eigenvalue weighted by Crippen LogP contribution is 2.20. The first-order valence-corrected chi connectivity index (χ1v) is 9.74. The molecular formula is C22H31NO2. The zero-order valence-electron chi connectivity index (χ0n) is 15.5. The Bertz CT molecular complexity index is 666. The molecule has 0 atom stereocenters. The third-order valence-corrected chi connectivity index (χ3v) is 4.78. The van der Waals surface area contributed by atoms with Crippen molar-refractivity contribution in [1.29, 1.82) is 0 Å². The molecule has 1 aromatic heterocycles. The molecule has 0 bridgehead atoms. The van der Waals surface area contributed by atoms with Crippen LogP contribution in [0.4, 0.5) is 0 Å². The van der Waals surface area contributed by atoms with Gasteiger partial charge in [0.2, 0.25) is 0 Å². The molecule has 0 fully saturated rings. The van der Waals surface area contributed by atoms with Gasteiger partial charge in [0.1, 0.15) is 0 Å². The van der Waals surface area contributed by atoms with Crippen LogP contribution in [0, 0.1) is 6.92 Å². The fourth-order valence-electron chi connectivity index (χ4n) is 3.34. The predicted octanol–water partition coefficient (Wildman–Crippen LogP) is 6.07. The van der Waals surface area contributed by atoms with Gasteiger partial charge in [0.05, 0.1) is 5.52 Å². The van der Waals surface area contributed by atoms with Crippen LogP contribution in [0.3, 0.4) is 0 Å². The van der Waals surface area contributed by atoms with E-state index in [0.717, 1.165) is 25.0 Å². The first-order valence-electron chi connectivity index (χ1n) is 9.74. The van der Waals surface area contributed by atoms with E-state index in [2.05, 4.69) is 37.3 Å². The minimum atomic E-state index is -0.670. The van der Waals surface area contributed by atoms with Crippen LogP contribution in [-0.4, -0.2) is 16.1 Å². The van der Waals surface area contributed by atoms with Gasteiger partial charge in [-0.1, -0.05) is 69.2 Å². The van der Waals surface area contributed by atoms with Gasteiger partial charge in [-0.3, -0.25) is 9.78 Å². The minimum Gasteiger partial charge on any atom is -0.481 e. The number of nitrogens with zero attached hydrogens (tertiary/aromatic N) is 1. The standard InChI is InChI=1S/C22H31NO2/c1-18-16-17-20-14-11-13-19(22(20)23-18)12-9-7-5-3-2-4-6-8-10-15-21(24)25/h11,13-14,16-17H,2-10,12,15H2,1H3,(H,24,25). The summed E-state index contributed by atoms with van der Waals surface area (Å²) in [6.45, 7) is 2.05. The molecule has 136 valence electrons. The maximum Gasteiger partial charge on any atom is 0.303 e. The number of hydrogen-bond donors (Lipinski definition) is 1. The summed E-state index contributed by atoms with van der Waals surface area (Å²) in [5.41, 5.74) is 3.63. The van der Waals surface area contributed by atoms with Gasteiger partial charge in [0, 0.05) is 17.5 Å². The molecule has 0 saturated carbocycles. The number of carboxylic acid groups (broad SMARTS) is 1. The van der Waals surface area contributed by atoms with Crippen LogP contribution in [0.1, 0.15) is 75.5 Å². The number of rotatable bonds is 12. The minimum absolute atomic E-state index is 0.322. The first-order chi connectivity index (χ1) is 12.2. The van der Waals surface area contributed by atoms with Crippen molar-refractivity contribution in [3.63, 3.8) is 0 Å². The molecule has 1 aromatic carbocycles. The number of carboxylic acids is 1. The molecule has 2 rings (SSSR count). The Hall–Kier alpha value is -1.90. The summed E-state index contributed by atoms with van der Waals surface area (Å²) in [5, 5.41) is 9.83. The molecule has 1 N–H and O–H groups in total. The van der Waals surface area contributed by atoms with Crippen LogP contribution in [-0.2, 0) is 11.2 Å². The molecular weight excluding hydrogens is 310 g/mol. The first kappa shape index (κ1) is 19.4. The number of benzene rings is 1. The van der Waals surface area contributed by atoms with Crippen molar-refractivity contribution in [2.24, 2.45) is 0 Å². The molecule has 0 aliphatic heterocycles.